The van der Waals surface area contributed by atoms with E-state index in [0.29, 0.717) is 10.8 Å². The number of unbranched alkanes of at least 4 members (excludes halogenated alkanes) is 2. The Bertz CT molecular complexity index is 1040. The van der Waals surface area contributed by atoms with Crippen LogP contribution in [0.15, 0.2) is 42.6 Å². The number of carbonyl (C=O) groups excluding carboxylic acids is 1. The molecule has 0 bridgehead atoms. The third kappa shape index (κ3) is 6.05. The largest absolute Gasteiger partial charge is 0.371 e. The van der Waals surface area contributed by atoms with Crippen LogP contribution in [-0.2, 0) is 6.42 Å². The van der Waals surface area contributed by atoms with Crippen molar-refractivity contribution in [1.82, 2.24) is 15.2 Å². The number of amides is 1. The van der Waals surface area contributed by atoms with Crippen molar-refractivity contribution >= 4 is 33.8 Å². The van der Waals surface area contributed by atoms with Crippen molar-refractivity contribution in [2.75, 3.05) is 10.6 Å². The number of aryl methyl sites for hydroxylation is 1. The van der Waals surface area contributed by atoms with E-state index in [0.717, 1.165) is 36.4 Å². The zero-order valence-corrected chi connectivity index (χ0v) is 18.2. The smallest absolute Gasteiger partial charge is 0.293 e. The van der Waals surface area contributed by atoms with Gasteiger partial charge in [0.15, 0.2) is 0 Å². The van der Waals surface area contributed by atoms with Crippen molar-refractivity contribution in [3.63, 3.8) is 0 Å². The van der Waals surface area contributed by atoms with Crippen LogP contribution in [0.25, 0.3) is 0 Å². The van der Waals surface area contributed by atoms with E-state index < -0.39 is 10.8 Å². The van der Waals surface area contributed by atoms with Gasteiger partial charge in [0.1, 0.15) is 10.7 Å². The lowest BCUT2D eigenvalue weighted by molar-refractivity contribution is -0.384. The number of nitrogens with one attached hydrogen (secondary N) is 2. The Morgan fingerprint density at radius 3 is 2.77 bits per heavy atom. The van der Waals surface area contributed by atoms with Crippen LogP contribution in [0.3, 0.4) is 0 Å². The Morgan fingerprint density at radius 1 is 1.23 bits per heavy atom. The fourth-order valence-corrected chi connectivity index (χ4v) is 3.76. The van der Waals surface area contributed by atoms with Crippen LogP contribution in [0.5, 0.6) is 0 Å². The predicted molar refractivity (Wildman–Crippen MR) is 120 cm³/mol. The topological polar surface area (TPSA) is 123 Å². The highest BCUT2D eigenvalue weighted by molar-refractivity contribution is 7.15. The number of benzene rings is 1. The van der Waals surface area contributed by atoms with Gasteiger partial charge in [-0.3, -0.25) is 25.2 Å². The molecule has 0 aliphatic carbocycles. The zero-order valence-electron chi connectivity index (χ0n) is 17.4. The molecule has 0 saturated carbocycles. The molecular weight excluding hydrogens is 416 g/mol. The number of nitro groups is 1. The number of pyridine rings is 1. The van der Waals surface area contributed by atoms with Crippen molar-refractivity contribution in [3.8, 4) is 0 Å². The second-order valence-electron chi connectivity index (χ2n) is 7.02. The van der Waals surface area contributed by atoms with Crippen LogP contribution >= 0.6 is 11.3 Å². The highest BCUT2D eigenvalue weighted by Crippen LogP contribution is 2.29. The molecule has 10 heteroatoms. The number of nitrogens with zero attached hydrogens (tertiary/aromatic N) is 4. The van der Waals surface area contributed by atoms with E-state index >= 15 is 0 Å². The summed E-state index contributed by atoms with van der Waals surface area (Å²) in [5.74, 6) is -0.469. The number of anilines is 2. The first-order chi connectivity index (χ1) is 15.0. The van der Waals surface area contributed by atoms with Crippen LogP contribution in [0, 0.1) is 10.1 Å². The van der Waals surface area contributed by atoms with E-state index in [1.165, 1.54) is 23.5 Å². The summed E-state index contributed by atoms with van der Waals surface area (Å²) in [6.07, 6.45) is 5.74. The van der Waals surface area contributed by atoms with E-state index in [4.69, 9.17) is 0 Å². The summed E-state index contributed by atoms with van der Waals surface area (Å²) in [5.41, 5.74) is 1.05. The molecule has 0 spiro atoms. The normalized spacial score (nSPS) is 11.7. The molecule has 2 heterocycles. The zero-order chi connectivity index (χ0) is 22.2. The molecule has 9 nitrogen and oxygen atoms in total. The molecule has 3 aromatic rings. The second kappa shape index (κ2) is 10.6. The summed E-state index contributed by atoms with van der Waals surface area (Å²) in [7, 11) is 0. The lowest BCUT2D eigenvalue weighted by Crippen LogP contribution is -2.13. The first kappa shape index (κ1) is 22.3. The maximum absolute atomic E-state index is 12.6. The Labute approximate surface area is 184 Å². The molecular formula is C21H24N6O3S. The highest BCUT2D eigenvalue weighted by Gasteiger charge is 2.20. The number of aromatic nitrogens is 3. The summed E-state index contributed by atoms with van der Waals surface area (Å²) < 4.78 is 0. The minimum atomic E-state index is -0.513. The molecule has 31 heavy (non-hydrogen) atoms. The fourth-order valence-electron chi connectivity index (χ4n) is 2.99. The lowest BCUT2D eigenvalue weighted by Gasteiger charge is -2.15. The summed E-state index contributed by atoms with van der Waals surface area (Å²) in [6.45, 7) is 3.99. The van der Waals surface area contributed by atoms with Crippen molar-refractivity contribution in [2.24, 2.45) is 0 Å². The second-order valence-corrected chi connectivity index (χ2v) is 8.08. The summed E-state index contributed by atoms with van der Waals surface area (Å²) in [5, 5.41) is 26.7. The molecule has 1 amide bonds. The van der Waals surface area contributed by atoms with Crippen LogP contribution in [0.2, 0.25) is 0 Å². The van der Waals surface area contributed by atoms with Crippen molar-refractivity contribution in [2.45, 2.75) is 45.6 Å². The third-order valence-corrected chi connectivity index (χ3v) is 5.54. The van der Waals surface area contributed by atoms with Gasteiger partial charge in [-0.25, -0.2) is 0 Å². The van der Waals surface area contributed by atoms with Crippen molar-refractivity contribution in [1.29, 1.82) is 0 Å². The van der Waals surface area contributed by atoms with Crippen molar-refractivity contribution < 1.29 is 9.72 Å². The third-order valence-electron chi connectivity index (χ3n) is 4.64. The van der Waals surface area contributed by atoms with Crippen LogP contribution in [0.4, 0.5) is 16.5 Å². The predicted octanol–water partition coefficient (Wildman–Crippen LogP) is 5.00. The molecule has 2 aromatic heterocycles. The van der Waals surface area contributed by atoms with Crippen molar-refractivity contribution in [3.05, 3.63) is 69.0 Å². The highest BCUT2D eigenvalue weighted by atomic mass is 32.1. The molecule has 3 rings (SSSR count). The van der Waals surface area contributed by atoms with Gasteiger partial charge >= 0.3 is 0 Å². The van der Waals surface area contributed by atoms with E-state index in [1.54, 1.807) is 18.3 Å². The molecule has 2 N–H and O–H groups in total. The molecule has 0 fully saturated rings. The Kier molecular flexibility index (Phi) is 7.60. The molecule has 162 valence electrons. The molecule has 1 aromatic carbocycles. The quantitative estimate of drug-likeness (QED) is 0.258. The number of nitro benzene ring substituents is 1. The Morgan fingerprint density at radius 2 is 2.06 bits per heavy atom. The standard InChI is InChI=1S/C21H24N6O3S/c1-3-4-5-9-19-25-26-21(31-19)24-20(28)15-10-11-17(18(13-15)27(29)30)23-14(2)16-8-6-7-12-22-16/h6-8,10-14,23H,3-5,9H2,1-2H3,(H,24,26,28). The molecule has 0 radical (unpaired) electrons. The first-order valence-corrected chi connectivity index (χ1v) is 10.9. The molecule has 0 saturated heterocycles. The Balaban J connectivity index is 1.71. The van der Waals surface area contributed by atoms with Gasteiger partial charge in [-0.1, -0.05) is 37.2 Å². The maximum atomic E-state index is 12.6. The molecule has 0 aliphatic rings. The van der Waals surface area contributed by atoms with Gasteiger partial charge in [0.2, 0.25) is 5.13 Å². The van der Waals surface area contributed by atoms with E-state index in [-0.39, 0.29) is 17.3 Å². The number of hydrogen-bond donors (Lipinski definition) is 2. The van der Waals surface area contributed by atoms with Gasteiger partial charge < -0.3 is 5.32 Å². The van der Waals surface area contributed by atoms with Gasteiger partial charge in [-0.2, -0.15) is 0 Å². The van der Waals surface area contributed by atoms with E-state index in [1.807, 2.05) is 19.1 Å². The van der Waals surface area contributed by atoms with Gasteiger partial charge in [0.05, 0.1) is 16.7 Å². The average molecular weight is 441 g/mol. The fraction of sp³-hybridized carbons (Fsp3) is 0.333. The minimum absolute atomic E-state index is 0.172. The summed E-state index contributed by atoms with van der Waals surface area (Å²) in [6, 6.07) is 9.58. The summed E-state index contributed by atoms with van der Waals surface area (Å²) >= 11 is 1.32. The van der Waals surface area contributed by atoms with Gasteiger partial charge in [-0.05, 0) is 37.6 Å². The number of carbonyl (C=O) groups is 1. The monoisotopic (exact) mass is 440 g/mol. The number of rotatable bonds is 10. The average Bonchev–Trinajstić information content (AvgIpc) is 3.21. The van der Waals surface area contributed by atoms with Gasteiger partial charge in [0, 0.05) is 24.2 Å². The Hall–Kier alpha value is -3.40. The van der Waals surface area contributed by atoms with E-state index in [2.05, 4.69) is 32.7 Å². The SMILES string of the molecule is CCCCCc1nnc(NC(=O)c2ccc(NC(C)c3ccccn3)c([N+](=O)[O-])c2)s1. The molecule has 0 aliphatic heterocycles. The maximum Gasteiger partial charge on any atom is 0.293 e. The minimum Gasteiger partial charge on any atom is -0.371 e. The first-order valence-electron chi connectivity index (χ1n) is 10.1. The van der Waals surface area contributed by atoms with Crippen LogP contribution in [0.1, 0.15) is 60.2 Å². The van der Waals surface area contributed by atoms with Crippen LogP contribution < -0.4 is 10.6 Å². The van der Waals surface area contributed by atoms with E-state index in [9.17, 15) is 14.9 Å². The molecule has 1 atom stereocenters. The van der Waals surface area contributed by atoms with Gasteiger partial charge in [-0.15, -0.1) is 10.2 Å². The van der Waals surface area contributed by atoms with Gasteiger partial charge in [0.25, 0.3) is 11.6 Å². The molecule has 1 unspecified atom stereocenters. The lowest BCUT2D eigenvalue weighted by atomic mass is 10.1. The summed E-state index contributed by atoms with van der Waals surface area (Å²) in [4.78, 5) is 27.9. The van der Waals surface area contributed by atoms with Crippen LogP contribution in [-0.4, -0.2) is 26.0 Å². The number of hydrogen-bond acceptors (Lipinski definition) is 8.